The van der Waals surface area contributed by atoms with E-state index >= 15 is 0 Å². The topological polar surface area (TPSA) is 60.5 Å². The van der Waals surface area contributed by atoms with Crippen molar-refractivity contribution in [2.24, 2.45) is 0 Å². The second-order valence-electron chi connectivity index (χ2n) is 7.52. The van der Waals surface area contributed by atoms with Crippen molar-refractivity contribution in [1.82, 2.24) is 9.80 Å². The van der Waals surface area contributed by atoms with Crippen molar-refractivity contribution in [2.75, 3.05) is 53.1 Å². The predicted molar refractivity (Wildman–Crippen MR) is 124 cm³/mol. The number of nitrogens with zero attached hydrogens (tertiary/aromatic N) is 2. The summed E-state index contributed by atoms with van der Waals surface area (Å²) in [5.41, 5.74) is 1.80. The molecule has 0 saturated carbocycles. The lowest BCUT2D eigenvalue weighted by Gasteiger charge is -2.35. The Hall–Kier alpha value is -2.93. The number of hydrogen-bond acceptors (Lipinski definition) is 6. The van der Waals surface area contributed by atoms with E-state index in [0.717, 1.165) is 25.4 Å². The molecule has 2 aromatic carbocycles. The van der Waals surface area contributed by atoms with E-state index in [1.54, 1.807) is 19.2 Å². The van der Waals surface area contributed by atoms with Crippen LogP contribution in [0.4, 0.5) is 0 Å². The molecular formula is C25H34N2O5. The third kappa shape index (κ3) is 5.85. The maximum absolute atomic E-state index is 13.3. The van der Waals surface area contributed by atoms with E-state index in [9.17, 15) is 4.79 Å². The summed E-state index contributed by atoms with van der Waals surface area (Å²) < 4.78 is 22.5. The van der Waals surface area contributed by atoms with Gasteiger partial charge in [0.15, 0.2) is 11.5 Å². The van der Waals surface area contributed by atoms with E-state index in [1.807, 2.05) is 37.8 Å². The van der Waals surface area contributed by atoms with Crippen molar-refractivity contribution in [3.63, 3.8) is 0 Å². The Balaban J connectivity index is 1.68. The molecule has 0 aromatic heterocycles. The van der Waals surface area contributed by atoms with E-state index < -0.39 is 0 Å². The SMILES string of the molecule is CCOc1cc(C(=O)N2CCN(Cc3ccc(OC)cc3)CC2)cc(OCC)c1OCC. The van der Waals surface area contributed by atoms with E-state index in [-0.39, 0.29) is 5.91 Å². The molecule has 3 rings (SSSR count). The van der Waals surface area contributed by atoms with Crippen LogP contribution in [0, 0.1) is 0 Å². The first-order chi connectivity index (χ1) is 15.6. The smallest absolute Gasteiger partial charge is 0.254 e. The van der Waals surface area contributed by atoms with E-state index in [0.29, 0.717) is 55.7 Å². The quantitative estimate of drug-likeness (QED) is 0.557. The van der Waals surface area contributed by atoms with Gasteiger partial charge in [0.1, 0.15) is 5.75 Å². The number of amides is 1. The molecule has 1 amide bonds. The molecule has 0 radical (unpaired) electrons. The van der Waals surface area contributed by atoms with Crippen LogP contribution in [0.15, 0.2) is 36.4 Å². The molecule has 32 heavy (non-hydrogen) atoms. The van der Waals surface area contributed by atoms with Gasteiger partial charge in [-0.05, 0) is 50.6 Å². The molecule has 0 N–H and O–H groups in total. The van der Waals surface area contributed by atoms with Gasteiger partial charge in [-0.15, -0.1) is 0 Å². The summed E-state index contributed by atoms with van der Waals surface area (Å²) in [6, 6.07) is 11.7. The van der Waals surface area contributed by atoms with Crippen LogP contribution >= 0.6 is 0 Å². The Morgan fingerprint density at radius 2 is 1.41 bits per heavy atom. The number of hydrogen-bond donors (Lipinski definition) is 0. The van der Waals surface area contributed by atoms with Crippen molar-refractivity contribution in [2.45, 2.75) is 27.3 Å². The standard InChI is InChI=1S/C25H34N2O5/c1-5-30-22-16-20(17-23(31-6-2)24(22)32-7-3)25(28)27-14-12-26(13-15-27)18-19-8-10-21(29-4)11-9-19/h8-11,16-17H,5-7,12-15,18H2,1-4H3. The minimum absolute atomic E-state index is 0.0148. The van der Waals surface area contributed by atoms with E-state index in [1.165, 1.54) is 5.56 Å². The van der Waals surface area contributed by atoms with Gasteiger partial charge >= 0.3 is 0 Å². The molecule has 0 spiro atoms. The molecule has 7 nitrogen and oxygen atoms in total. The highest BCUT2D eigenvalue weighted by molar-refractivity contribution is 5.95. The number of ether oxygens (including phenoxy) is 4. The van der Waals surface area contributed by atoms with Gasteiger partial charge in [0.2, 0.25) is 5.75 Å². The van der Waals surface area contributed by atoms with Crippen molar-refractivity contribution < 1.29 is 23.7 Å². The van der Waals surface area contributed by atoms with Crippen molar-refractivity contribution in [1.29, 1.82) is 0 Å². The highest BCUT2D eigenvalue weighted by atomic mass is 16.5. The fourth-order valence-corrected chi connectivity index (χ4v) is 3.79. The third-order valence-corrected chi connectivity index (χ3v) is 5.38. The zero-order valence-electron chi connectivity index (χ0n) is 19.6. The Labute approximate surface area is 190 Å². The van der Waals surface area contributed by atoms with Gasteiger partial charge in [0, 0.05) is 38.3 Å². The average molecular weight is 443 g/mol. The molecule has 1 heterocycles. The van der Waals surface area contributed by atoms with Gasteiger partial charge in [-0.3, -0.25) is 9.69 Å². The third-order valence-electron chi connectivity index (χ3n) is 5.38. The highest BCUT2D eigenvalue weighted by Crippen LogP contribution is 2.39. The van der Waals surface area contributed by atoms with Crippen molar-refractivity contribution >= 4 is 5.91 Å². The number of carbonyl (C=O) groups excluding carboxylic acids is 1. The number of piperazine rings is 1. The molecule has 0 atom stereocenters. The first-order valence-corrected chi connectivity index (χ1v) is 11.3. The van der Waals surface area contributed by atoms with Gasteiger partial charge < -0.3 is 23.8 Å². The molecule has 0 bridgehead atoms. The van der Waals surface area contributed by atoms with E-state index in [4.69, 9.17) is 18.9 Å². The predicted octanol–water partition coefficient (Wildman–Crippen LogP) is 3.85. The van der Waals surface area contributed by atoms with Gasteiger partial charge in [-0.2, -0.15) is 0 Å². The summed E-state index contributed by atoms with van der Waals surface area (Å²) in [5.74, 6) is 2.48. The molecule has 1 saturated heterocycles. The van der Waals surface area contributed by atoms with Crippen LogP contribution in [0.1, 0.15) is 36.7 Å². The lowest BCUT2D eigenvalue weighted by atomic mass is 10.1. The molecular weight excluding hydrogens is 408 g/mol. The minimum atomic E-state index is -0.0148. The van der Waals surface area contributed by atoms with Crippen molar-refractivity contribution in [3.8, 4) is 23.0 Å². The lowest BCUT2D eigenvalue weighted by Crippen LogP contribution is -2.48. The average Bonchev–Trinajstić information content (AvgIpc) is 2.82. The largest absolute Gasteiger partial charge is 0.497 e. The zero-order valence-corrected chi connectivity index (χ0v) is 19.6. The lowest BCUT2D eigenvalue weighted by molar-refractivity contribution is 0.0627. The molecule has 1 fully saturated rings. The Bertz CT molecular complexity index is 849. The summed E-state index contributed by atoms with van der Waals surface area (Å²) in [6.45, 7) is 11.0. The summed E-state index contributed by atoms with van der Waals surface area (Å²) in [5, 5.41) is 0. The van der Waals surface area contributed by atoms with Crippen LogP contribution in [0.25, 0.3) is 0 Å². The maximum Gasteiger partial charge on any atom is 0.254 e. The van der Waals surface area contributed by atoms with Crippen LogP contribution in [0.3, 0.4) is 0 Å². The summed E-state index contributed by atoms with van der Waals surface area (Å²) in [6.07, 6.45) is 0. The van der Waals surface area contributed by atoms with Crippen LogP contribution in [-0.4, -0.2) is 68.8 Å². The first kappa shape index (κ1) is 23.7. The molecule has 2 aromatic rings. The number of carbonyl (C=O) groups is 1. The minimum Gasteiger partial charge on any atom is -0.497 e. The number of rotatable bonds is 10. The van der Waals surface area contributed by atoms with Crippen LogP contribution in [0.2, 0.25) is 0 Å². The maximum atomic E-state index is 13.3. The first-order valence-electron chi connectivity index (χ1n) is 11.3. The highest BCUT2D eigenvalue weighted by Gasteiger charge is 2.25. The fraction of sp³-hybridized carbons (Fsp3) is 0.480. The van der Waals surface area contributed by atoms with Gasteiger partial charge in [0.05, 0.1) is 26.9 Å². The van der Waals surface area contributed by atoms with E-state index in [2.05, 4.69) is 17.0 Å². The summed E-state index contributed by atoms with van der Waals surface area (Å²) in [7, 11) is 1.67. The second-order valence-corrected chi connectivity index (χ2v) is 7.52. The van der Waals surface area contributed by atoms with Gasteiger partial charge in [-0.25, -0.2) is 0 Å². The summed E-state index contributed by atoms with van der Waals surface area (Å²) >= 11 is 0. The zero-order chi connectivity index (χ0) is 22.9. The molecule has 1 aliphatic heterocycles. The second kappa shape index (κ2) is 11.6. The molecule has 0 aliphatic carbocycles. The molecule has 0 unspecified atom stereocenters. The van der Waals surface area contributed by atoms with Crippen molar-refractivity contribution in [3.05, 3.63) is 47.5 Å². The molecule has 174 valence electrons. The van der Waals surface area contributed by atoms with Crippen LogP contribution in [-0.2, 0) is 6.54 Å². The normalized spacial score (nSPS) is 14.2. The van der Waals surface area contributed by atoms with Gasteiger partial charge in [-0.1, -0.05) is 12.1 Å². The van der Waals surface area contributed by atoms with Gasteiger partial charge in [0.25, 0.3) is 5.91 Å². The molecule has 7 heteroatoms. The Morgan fingerprint density at radius 1 is 0.844 bits per heavy atom. The fourth-order valence-electron chi connectivity index (χ4n) is 3.79. The van der Waals surface area contributed by atoms with Crippen LogP contribution < -0.4 is 18.9 Å². The molecule has 1 aliphatic rings. The Kier molecular flexibility index (Phi) is 8.62. The monoisotopic (exact) mass is 442 g/mol. The number of methoxy groups -OCH3 is 1. The summed E-state index contributed by atoms with van der Waals surface area (Å²) in [4.78, 5) is 17.5. The Morgan fingerprint density at radius 3 is 1.91 bits per heavy atom. The van der Waals surface area contributed by atoms with Crippen LogP contribution in [0.5, 0.6) is 23.0 Å². The number of benzene rings is 2.